The smallest absolute Gasteiger partial charge is 0.245 e. The van der Waals surface area contributed by atoms with Crippen LogP contribution in [0.1, 0.15) is 55.8 Å². The number of hydrogen-bond donors (Lipinski definition) is 3. The lowest BCUT2D eigenvalue weighted by atomic mass is 9.92. The molecule has 3 heterocycles. The Morgan fingerprint density at radius 1 is 1.00 bits per heavy atom. The van der Waals surface area contributed by atoms with Gasteiger partial charge in [0.25, 0.3) is 0 Å². The van der Waals surface area contributed by atoms with Crippen molar-refractivity contribution in [3.8, 4) is 0 Å². The highest BCUT2D eigenvalue weighted by Crippen LogP contribution is 2.26. The topological polar surface area (TPSA) is 79.9 Å². The maximum Gasteiger partial charge on any atom is 0.245 e. The van der Waals surface area contributed by atoms with Crippen molar-refractivity contribution in [1.29, 1.82) is 0 Å². The van der Waals surface area contributed by atoms with Crippen LogP contribution < -0.4 is 16.0 Å². The highest BCUT2D eigenvalue weighted by molar-refractivity contribution is 6.30. The van der Waals surface area contributed by atoms with Gasteiger partial charge >= 0.3 is 0 Å². The fourth-order valence-electron chi connectivity index (χ4n) is 6.65. The third-order valence-electron chi connectivity index (χ3n) is 8.80. The van der Waals surface area contributed by atoms with E-state index >= 15 is 0 Å². The fourth-order valence-corrected chi connectivity index (χ4v) is 6.78. The normalized spacial score (nSPS) is 20.9. The number of fused-ring (bicyclic) bond motifs is 1. The highest BCUT2D eigenvalue weighted by Gasteiger charge is 2.34. The minimum atomic E-state index is -0.617. The van der Waals surface area contributed by atoms with Crippen molar-refractivity contribution in [3.05, 3.63) is 70.2 Å². The van der Waals surface area contributed by atoms with E-state index in [0.29, 0.717) is 42.9 Å². The van der Waals surface area contributed by atoms with Crippen molar-refractivity contribution in [2.45, 2.75) is 64.1 Å². The molecule has 9 heteroatoms. The minimum Gasteiger partial charge on any atom is -0.344 e. The molecule has 5 rings (SSSR count). The molecule has 8 nitrogen and oxygen atoms in total. The minimum absolute atomic E-state index is 0.00587. The molecule has 228 valence electrons. The quantitative estimate of drug-likeness (QED) is 0.391. The van der Waals surface area contributed by atoms with E-state index in [9.17, 15) is 9.59 Å². The van der Waals surface area contributed by atoms with E-state index < -0.39 is 6.04 Å². The van der Waals surface area contributed by atoms with Gasteiger partial charge in [0.05, 0.1) is 0 Å². The van der Waals surface area contributed by atoms with E-state index in [1.54, 1.807) is 0 Å². The summed E-state index contributed by atoms with van der Waals surface area (Å²) >= 11 is 6.13. The van der Waals surface area contributed by atoms with Gasteiger partial charge in [-0.25, -0.2) is 10.0 Å². The van der Waals surface area contributed by atoms with E-state index in [2.05, 4.69) is 58.0 Å². The lowest BCUT2D eigenvalue weighted by molar-refractivity contribution is -0.140. The van der Waals surface area contributed by atoms with Gasteiger partial charge in [-0.2, -0.15) is 0 Å². The maximum absolute atomic E-state index is 14.0. The van der Waals surface area contributed by atoms with Crippen LogP contribution >= 0.6 is 11.6 Å². The number of likely N-dealkylation sites (tertiary alicyclic amines) is 1. The van der Waals surface area contributed by atoms with E-state index in [1.807, 2.05) is 35.2 Å². The maximum atomic E-state index is 14.0. The molecular formula is C33H47ClN6O2. The lowest BCUT2D eigenvalue weighted by Crippen LogP contribution is -2.59. The molecule has 0 saturated carbocycles. The molecule has 0 bridgehead atoms. The number of benzene rings is 2. The van der Waals surface area contributed by atoms with Crippen LogP contribution in [0.3, 0.4) is 0 Å². The summed E-state index contributed by atoms with van der Waals surface area (Å²) in [5.74, 6) is 0.476. The zero-order chi connectivity index (χ0) is 29.5. The second-order valence-electron chi connectivity index (χ2n) is 12.4. The third-order valence-corrected chi connectivity index (χ3v) is 9.05. The van der Waals surface area contributed by atoms with Crippen LogP contribution in [0.5, 0.6) is 0 Å². The van der Waals surface area contributed by atoms with Gasteiger partial charge in [-0.15, -0.1) is 0 Å². The largest absolute Gasteiger partial charge is 0.344 e. The second kappa shape index (κ2) is 14.8. The van der Waals surface area contributed by atoms with Gasteiger partial charge in [-0.05, 0) is 60.5 Å². The van der Waals surface area contributed by atoms with Crippen LogP contribution in [-0.4, -0.2) is 91.2 Å². The monoisotopic (exact) mass is 594 g/mol. The summed E-state index contributed by atoms with van der Waals surface area (Å²) in [5, 5.41) is 15.9. The van der Waals surface area contributed by atoms with Crippen LogP contribution in [0.25, 0.3) is 0 Å². The van der Waals surface area contributed by atoms with Crippen molar-refractivity contribution >= 4 is 23.4 Å². The zero-order valence-corrected chi connectivity index (χ0v) is 25.9. The Labute approximate surface area is 256 Å². The third kappa shape index (κ3) is 8.11. The number of hydrogen-bond acceptors (Lipinski definition) is 6. The van der Waals surface area contributed by atoms with E-state index in [4.69, 9.17) is 11.6 Å². The summed E-state index contributed by atoms with van der Waals surface area (Å²) in [6, 6.07) is 15.6. The SMILES string of the molecule is CC(C)CN(C1CCN(C(=O)[C@@H](Cc2ccc(Cl)cc2)NC(=O)CC2NCCc3ccccc32)CC1)N1CCNCC1. The van der Waals surface area contributed by atoms with Crippen molar-refractivity contribution < 1.29 is 9.59 Å². The second-order valence-corrected chi connectivity index (χ2v) is 12.8. The molecule has 0 radical (unpaired) electrons. The Morgan fingerprint density at radius 3 is 2.43 bits per heavy atom. The average Bonchev–Trinajstić information content (AvgIpc) is 3.01. The van der Waals surface area contributed by atoms with Crippen molar-refractivity contribution in [2.75, 3.05) is 52.4 Å². The Bertz CT molecular complexity index is 1180. The van der Waals surface area contributed by atoms with E-state index in [-0.39, 0.29) is 17.9 Å². The molecule has 42 heavy (non-hydrogen) atoms. The standard InChI is InChI=1S/C33H47ClN6O2/c1-24(2)23-40(39-19-15-35-16-20-39)28-12-17-38(18-13-28)33(42)31(21-25-7-9-27(34)10-8-25)37-32(41)22-30-29-6-4-3-5-26(29)11-14-36-30/h3-10,24,28,30-31,35-36H,11-23H2,1-2H3,(H,37,41)/t30?,31-/m1/s1. The van der Waals surface area contributed by atoms with Gasteiger partial charge in [-0.1, -0.05) is 61.8 Å². The summed E-state index contributed by atoms with van der Waals surface area (Å²) < 4.78 is 0. The molecule has 3 N–H and O–H groups in total. The average molecular weight is 595 g/mol. The number of piperidine rings is 1. The van der Waals surface area contributed by atoms with Crippen LogP contribution in [0.2, 0.25) is 5.02 Å². The number of amides is 2. The Balaban J connectivity index is 1.24. The van der Waals surface area contributed by atoms with E-state index in [0.717, 1.165) is 64.1 Å². The van der Waals surface area contributed by atoms with Gasteiger partial charge in [0.1, 0.15) is 6.04 Å². The zero-order valence-electron chi connectivity index (χ0n) is 25.2. The molecule has 1 unspecified atom stereocenters. The number of rotatable bonds is 10. The van der Waals surface area contributed by atoms with Crippen LogP contribution in [0, 0.1) is 5.92 Å². The molecule has 2 fully saturated rings. The lowest BCUT2D eigenvalue weighted by Gasteiger charge is -2.46. The predicted molar refractivity (Wildman–Crippen MR) is 168 cm³/mol. The van der Waals surface area contributed by atoms with Gasteiger partial charge in [-0.3, -0.25) is 9.59 Å². The van der Waals surface area contributed by atoms with Crippen LogP contribution in [0.4, 0.5) is 0 Å². The summed E-state index contributed by atoms with van der Waals surface area (Å²) in [7, 11) is 0. The summed E-state index contributed by atoms with van der Waals surface area (Å²) in [4.78, 5) is 29.4. The molecule has 2 saturated heterocycles. The number of carbonyl (C=O) groups is 2. The molecule has 3 aliphatic rings. The predicted octanol–water partition coefficient (Wildman–Crippen LogP) is 3.41. The summed E-state index contributed by atoms with van der Waals surface area (Å²) in [6.07, 6.45) is 3.58. The fraction of sp³-hybridized carbons (Fsp3) is 0.576. The van der Waals surface area contributed by atoms with E-state index in [1.165, 1.54) is 11.1 Å². The number of halogens is 1. The molecule has 0 spiro atoms. The van der Waals surface area contributed by atoms with Crippen molar-refractivity contribution in [1.82, 2.24) is 30.9 Å². The van der Waals surface area contributed by atoms with Crippen molar-refractivity contribution in [2.24, 2.45) is 5.92 Å². The van der Waals surface area contributed by atoms with Gasteiger partial charge in [0.2, 0.25) is 11.8 Å². The van der Waals surface area contributed by atoms with Gasteiger partial charge in [0, 0.05) is 75.8 Å². The number of nitrogens with zero attached hydrogens (tertiary/aromatic N) is 3. The first-order valence-electron chi connectivity index (χ1n) is 15.7. The molecule has 0 aliphatic carbocycles. The van der Waals surface area contributed by atoms with Crippen LogP contribution in [0.15, 0.2) is 48.5 Å². The summed E-state index contributed by atoms with van der Waals surface area (Å²) in [6.45, 7) is 11.9. The number of hydrazine groups is 1. The molecule has 0 aromatic heterocycles. The molecule has 2 atom stereocenters. The Morgan fingerprint density at radius 2 is 1.71 bits per heavy atom. The molecule has 3 aliphatic heterocycles. The Kier molecular flexibility index (Phi) is 10.9. The van der Waals surface area contributed by atoms with Crippen LogP contribution in [-0.2, 0) is 22.4 Å². The van der Waals surface area contributed by atoms with Gasteiger partial charge in [0.15, 0.2) is 0 Å². The summed E-state index contributed by atoms with van der Waals surface area (Å²) in [5.41, 5.74) is 3.45. The first-order chi connectivity index (χ1) is 20.4. The highest BCUT2D eigenvalue weighted by atomic mass is 35.5. The number of carbonyl (C=O) groups excluding carboxylic acids is 2. The first-order valence-corrected chi connectivity index (χ1v) is 16.1. The molecule has 2 amide bonds. The molecular weight excluding hydrogens is 548 g/mol. The molecule has 2 aromatic carbocycles. The molecule has 2 aromatic rings. The first kappa shape index (κ1) is 31.0. The van der Waals surface area contributed by atoms with Gasteiger partial charge < -0.3 is 20.9 Å². The number of piperazine rings is 1. The van der Waals surface area contributed by atoms with Crippen molar-refractivity contribution in [3.63, 3.8) is 0 Å². The Hall–Kier alpha value is -2.49. The number of nitrogens with one attached hydrogen (secondary N) is 3.